The number of amides is 1. The number of nitrogens with one attached hydrogen (secondary N) is 1. The van der Waals surface area contributed by atoms with E-state index < -0.39 is 0 Å². The van der Waals surface area contributed by atoms with Crippen LogP contribution >= 0.6 is 0 Å². The van der Waals surface area contributed by atoms with Gasteiger partial charge in [-0.3, -0.25) is 4.79 Å². The maximum atomic E-state index is 12.0. The number of hydrogen-bond donors (Lipinski definition) is 1. The first kappa shape index (κ1) is 9.84. The average Bonchev–Trinajstić information content (AvgIpc) is 2.69. The molecule has 1 aromatic rings. The second-order valence-corrected chi connectivity index (χ2v) is 4.58. The monoisotopic (exact) mass is 220 g/mol. The quantitative estimate of drug-likeness (QED) is 0.753. The van der Waals surface area contributed by atoms with E-state index in [2.05, 4.69) is 14.9 Å². The van der Waals surface area contributed by atoms with Crippen LogP contribution in [-0.4, -0.2) is 40.0 Å². The molecule has 1 aromatic heterocycles. The molecule has 1 N–H and O–H groups in total. The van der Waals surface area contributed by atoms with Gasteiger partial charge < -0.3 is 14.8 Å². The number of hydrogen-bond acceptors (Lipinski definition) is 3. The van der Waals surface area contributed by atoms with Crippen molar-refractivity contribution in [3.05, 3.63) is 18.2 Å². The van der Waals surface area contributed by atoms with Crippen molar-refractivity contribution in [1.82, 2.24) is 19.8 Å². The van der Waals surface area contributed by atoms with Crippen molar-refractivity contribution in [3.8, 4) is 0 Å². The molecule has 5 heteroatoms. The van der Waals surface area contributed by atoms with Gasteiger partial charge in [0.15, 0.2) is 0 Å². The van der Waals surface area contributed by atoms with Crippen LogP contribution < -0.4 is 5.32 Å². The highest BCUT2D eigenvalue weighted by molar-refractivity contribution is 5.76. The lowest BCUT2D eigenvalue weighted by molar-refractivity contribution is -0.134. The number of aromatic nitrogens is 2. The van der Waals surface area contributed by atoms with Crippen LogP contribution in [0.25, 0.3) is 0 Å². The van der Waals surface area contributed by atoms with Crippen LogP contribution in [0.5, 0.6) is 0 Å². The summed E-state index contributed by atoms with van der Waals surface area (Å²) in [4.78, 5) is 18.2. The summed E-state index contributed by atoms with van der Waals surface area (Å²) in [6, 6.07) is 0. The lowest BCUT2D eigenvalue weighted by atomic mass is 9.98. The summed E-state index contributed by atoms with van der Waals surface area (Å²) in [6.07, 6.45) is 4.47. The van der Waals surface area contributed by atoms with Gasteiger partial charge in [0.1, 0.15) is 5.82 Å². The fourth-order valence-electron chi connectivity index (χ4n) is 2.26. The molecule has 2 aliphatic rings. The molecule has 0 atom stereocenters. The summed E-state index contributed by atoms with van der Waals surface area (Å²) in [6.45, 7) is 4.36. The van der Waals surface area contributed by atoms with E-state index in [0.717, 1.165) is 32.0 Å². The SMILES string of the molecule is O=C(CC1CNC1)N1CCn2ccnc2C1. The van der Waals surface area contributed by atoms with Crippen molar-refractivity contribution in [2.24, 2.45) is 5.92 Å². The second kappa shape index (κ2) is 3.90. The first-order valence-corrected chi connectivity index (χ1v) is 5.81. The predicted octanol–water partition coefficient (Wildman–Crippen LogP) is -0.165. The number of carbonyl (C=O) groups excluding carboxylic acids is 1. The van der Waals surface area contributed by atoms with Crippen molar-refractivity contribution >= 4 is 5.91 Å². The maximum absolute atomic E-state index is 12.0. The van der Waals surface area contributed by atoms with Crippen LogP contribution in [0.3, 0.4) is 0 Å². The Morgan fingerprint density at radius 2 is 2.38 bits per heavy atom. The molecule has 5 nitrogen and oxygen atoms in total. The molecule has 0 aromatic carbocycles. The van der Waals surface area contributed by atoms with E-state index in [4.69, 9.17) is 0 Å². The third-order valence-corrected chi connectivity index (χ3v) is 3.43. The molecule has 0 spiro atoms. The topological polar surface area (TPSA) is 50.2 Å². The van der Waals surface area contributed by atoms with Crippen molar-refractivity contribution in [2.45, 2.75) is 19.5 Å². The zero-order valence-corrected chi connectivity index (χ0v) is 9.22. The lowest BCUT2D eigenvalue weighted by Gasteiger charge is -2.32. The average molecular weight is 220 g/mol. The summed E-state index contributed by atoms with van der Waals surface area (Å²) in [5.74, 6) is 1.83. The highest BCUT2D eigenvalue weighted by Crippen LogP contribution is 2.15. The maximum Gasteiger partial charge on any atom is 0.223 e. The van der Waals surface area contributed by atoms with Gasteiger partial charge in [-0.05, 0) is 19.0 Å². The van der Waals surface area contributed by atoms with Crippen molar-refractivity contribution in [2.75, 3.05) is 19.6 Å². The van der Waals surface area contributed by atoms with Gasteiger partial charge in [-0.2, -0.15) is 0 Å². The molecule has 0 unspecified atom stereocenters. The molecule has 86 valence electrons. The van der Waals surface area contributed by atoms with Crippen LogP contribution in [-0.2, 0) is 17.9 Å². The van der Waals surface area contributed by atoms with Crippen LogP contribution in [0.2, 0.25) is 0 Å². The second-order valence-electron chi connectivity index (χ2n) is 4.58. The Bertz CT molecular complexity index is 396. The Kier molecular flexibility index (Phi) is 2.40. The van der Waals surface area contributed by atoms with Gasteiger partial charge in [0.2, 0.25) is 5.91 Å². The Labute approximate surface area is 94.4 Å². The molecule has 1 amide bonds. The zero-order valence-electron chi connectivity index (χ0n) is 9.22. The molecule has 3 rings (SSSR count). The molecular formula is C11H16N4O. The molecule has 16 heavy (non-hydrogen) atoms. The Hall–Kier alpha value is -1.36. The van der Waals surface area contributed by atoms with Gasteiger partial charge in [-0.15, -0.1) is 0 Å². The minimum Gasteiger partial charge on any atom is -0.333 e. The Balaban J connectivity index is 1.62. The standard InChI is InChI=1S/C11H16N4O/c16-11(5-9-6-12-7-9)15-4-3-14-2-1-13-10(14)8-15/h1-2,9,12H,3-8H2. The summed E-state index contributed by atoms with van der Waals surface area (Å²) in [7, 11) is 0. The van der Waals surface area contributed by atoms with E-state index in [9.17, 15) is 4.79 Å². The van der Waals surface area contributed by atoms with Crippen molar-refractivity contribution < 1.29 is 4.79 Å². The number of imidazole rings is 1. The van der Waals surface area contributed by atoms with E-state index in [1.807, 2.05) is 11.1 Å². The summed E-state index contributed by atoms with van der Waals surface area (Å²) in [5.41, 5.74) is 0. The van der Waals surface area contributed by atoms with Gasteiger partial charge in [0, 0.05) is 31.9 Å². The largest absolute Gasteiger partial charge is 0.333 e. The predicted molar refractivity (Wildman–Crippen MR) is 58.6 cm³/mol. The fraction of sp³-hybridized carbons (Fsp3) is 0.636. The lowest BCUT2D eigenvalue weighted by Crippen LogP contribution is -2.46. The van der Waals surface area contributed by atoms with Crippen LogP contribution in [0.1, 0.15) is 12.2 Å². The highest BCUT2D eigenvalue weighted by Gasteiger charge is 2.26. The summed E-state index contributed by atoms with van der Waals surface area (Å²) < 4.78 is 2.12. The number of fused-ring (bicyclic) bond motifs is 1. The van der Waals surface area contributed by atoms with Gasteiger partial charge in [-0.25, -0.2) is 4.98 Å². The summed E-state index contributed by atoms with van der Waals surface area (Å²) >= 11 is 0. The van der Waals surface area contributed by atoms with Gasteiger partial charge >= 0.3 is 0 Å². The molecule has 3 heterocycles. The fourth-order valence-corrected chi connectivity index (χ4v) is 2.26. The zero-order chi connectivity index (χ0) is 11.0. The molecule has 0 radical (unpaired) electrons. The third-order valence-electron chi connectivity index (χ3n) is 3.43. The van der Waals surface area contributed by atoms with Crippen molar-refractivity contribution in [3.63, 3.8) is 0 Å². The van der Waals surface area contributed by atoms with Gasteiger partial charge in [0.25, 0.3) is 0 Å². The van der Waals surface area contributed by atoms with Gasteiger partial charge in [-0.1, -0.05) is 0 Å². The minimum absolute atomic E-state index is 0.278. The van der Waals surface area contributed by atoms with E-state index in [1.165, 1.54) is 0 Å². The third kappa shape index (κ3) is 1.71. The smallest absolute Gasteiger partial charge is 0.223 e. The van der Waals surface area contributed by atoms with Crippen LogP contribution in [0.4, 0.5) is 0 Å². The molecular weight excluding hydrogens is 204 g/mol. The highest BCUT2D eigenvalue weighted by atomic mass is 16.2. The molecule has 1 fully saturated rings. The summed E-state index contributed by atoms with van der Waals surface area (Å²) in [5, 5.41) is 3.19. The normalized spacial score (nSPS) is 20.4. The molecule has 0 saturated carbocycles. The molecule has 1 saturated heterocycles. The van der Waals surface area contributed by atoms with E-state index in [0.29, 0.717) is 18.9 Å². The van der Waals surface area contributed by atoms with E-state index in [1.54, 1.807) is 6.20 Å². The number of rotatable bonds is 2. The molecule has 2 aliphatic heterocycles. The van der Waals surface area contributed by atoms with Gasteiger partial charge in [0.05, 0.1) is 6.54 Å². The molecule has 0 bridgehead atoms. The number of carbonyl (C=O) groups is 1. The first-order chi connectivity index (χ1) is 7.83. The first-order valence-electron chi connectivity index (χ1n) is 5.81. The Morgan fingerprint density at radius 3 is 3.12 bits per heavy atom. The van der Waals surface area contributed by atoms with Crippen LogP contribution in [0.15, 0.2) is 12.4 Å². The number of nitrogens with zero attached hydrogens (tertiary/aromatic N) is 3. The van der Waals surface area contributed by atoms with E-state index in [-0.39, 0.29) is 5.91 Å². The minimum atomic E-state index is 0.278. The Morgan fingerprint density at radius 1 is 1.50 bits per heavy atom. The van der Waals surface area contributed by atoms with E-state index >= 15 is 0 Å². The molecule has 0 aliphatic carbocycles. The van der Waals surface area contributed by atoms with Crippen molar-refractivity contribution in [1.29, 1.82) is 0 Å². The van der Waals surface area contributed by atoms with Crippen LogP contribution in [0, 0.1) is 5.92 Å².